The van der Waals surface area contributed by atoms with Crippen LogP contribution in [0.3, 0.4) is 0 Å². The van der Waals surface area contributed by atoms with Crippen molar-refractivity contribution in [2.75, 3.05) is 13.2 Å². The molecule has 1 aliphatic carbocycles. The zero-order chi connectivity index (χ0) is 31.6. The van der Waals surface area contributed by atoms with Crippen molar-refractivity contribution < 1.29 is 9.47 Å². The van der Waals surface area contributed by atoms with Crippen LogP contribution < -0.4 is 9.47 Å². The molecule has 7 rings (SSSR count). The number of hydrogen-bond acceptors (Lipinski definition) is 2. The van der Waals surface area contributed by atoms with Crippen molar-refractivity contribution in [2.24, 2.45) is 0 Å². The van der Waals surface area contributed by atoms with E-state index in [0.717, 1.165) is 66.9 Å². The van der Waals surface area contributed by atoms with Gasteiger partial charge in [0.25, 0.3) is 0 Å². The summed E-state index contributed by atoms with van der Waals surface area (Å²) < 4.78 is 17.0. The van der Waals surface area contributed by atoms with Gasteiger partial charge in [-0.15, -0.1) is 25.7 Å². The fourth-order valence-corrected chi connectivity index (χ4v) is 7.27. The number of benzene rings is 4. The van der Waals surface area contributed by atoms with E-state index in [-0.39, 0.29) is 25.0 Å². The van der Waals surface area contributed by atoms with E-state index in [1.807, 2.05) is 36.4 Å². The third-order valence-electron chi connectivity index (χ3n) is 8.81. The third kappa shape index (κ3) is 4.41. The summed E-state index contributed by atoms with van der Waals surface area (Å²) in [5, 5.41) is 2.22. The number of para-hydroxylation sites is 4. The monoisotopic (exact) mass is 594 g/mol. The van der Waals surface area contributed by atoms with E-state index in [9.17, 15) is 0 Å². The van der Waals surface area contributed by atoms with Crippen molar-refractivity contribution in [1.29, 1.82) is 0 Å². The van der Waals surface area contributed by atoms with Gasteiger partial charge in [0.2, 0.25) is 0 Å². The van der Waals surface area contributed by atoms with Crippen molar-refractivity contribution in [2.45, 2.75) is 24.9 Å². The first-order valence-electron chi connectivity index (χ1n) is 15.1. The smallest absolute Gasteiger partial charge is 0.148 e. The fraction of sp³-hybridized carbons (Fsp3) is 0.143. The minimum absolute atomic E-state index is 0.151. The Hall–Kier alpha value is -6.20. The second-order valence-corrected chi connectivity index (χ2v) is 11.1. The summed E-state index contributed by atoms with van der Waals surface area (Å²) in [5.41, 5.74) is 8.61. The van der Waals surface area contributed by atoms with Gasteiger partial charge in [-0.1, -0.05) is 96.5 Å². The maximum absolute atomic E-state index is 6.22. The Morgan fingerprint density at radius 3 is 1.30 bits per heavy atom. The van der Waals surface area contributed by atoms with Gasteiger partial charge in [0, 0.05) is 44.3 Å². The van der Waals surface area contributed by atoms with Gasteiger partial charge in [0.05, 0.1) is 24.9 Å². The molecular weight excluding hydrogens is 564 g/mol. The van der Waals surface area contributed by atoms with Gasteiger partial charge >= 0.3 is 0 Å². The quantitative estimate of drug-likeness (QED) is 0.170. The molecule has 0 spiro atoms. The summed E-state index contributed by atoms with van der Waals surface area (Å²) in [7, 11) is 0. The van der Waals surface area contributed by atoms with Crippen LogP contribution in [0.5, 0.6) is 11.5 Å². The molecule has 0 fully saturated rings. The van der Waals surface area contributed by atoms with Crippen molar-refractivity contribution in [3.05, 3.63) is 131 Å². The van der Waals surface area contributed by atoms with Gasteiger partial charge in [0.15, 0.2) is 0 Å². The lowest BCUT2D eigenvalue weighted by Crippen LogP contribution is -2.24. The third-order valence-corrected chi connectivity index (χ3v) is 8.81. The largest absolute Gasteiger partial charge is 0.481 e. The van der Waals surface area contributed by atoms with Gasteiger partial charge in [-0.2, -0.15) is 0 Å². The molecule has 0 saturated carbocycles. The number of fused-ring (bicyclic) bond motifs is 6. The summed E-state index contributed by atoms with van der Waals surface area (Å²) in [6.07, 6.45) is 23.5. The Kier molecular flexibility index (Phi) is 7.49. The van der Waals surface area contributed by atoms with E-state index < -0.39 is 0 Å². The van der Waals surface area contributed by atoms with Crippen LogP contribution in [0.25, 0.3) is 21.8 Å². The number of hydrogen-bond donors (Lipinski definition) is 0. The number of aromatic nitrogens is 2. The average Bonchev–Trinajstić information content (AvgIpc) is 3.59. The molecule has 220 valence electrons. The molecule has 0 amide bonds. The first kappa shape index (κ1) is 28.6. The SMILES string of the molecule is C#CCOc1ccccc1C1c2c(n(CC#C)c3ccccc23)C(c2ccccc2OCC#C)c2c1n(CC#C)c1ccccc21. The highest BCUT2D eigenvalue weighted by molar-refractivity contribution is 5.94. The van der Waals surface area contributed by atoms with Gasteiger partial charge in [-0.05, 0) is 35.4 Å². The predicted octanol–water partition coefficient (Wildman–Crippen LogP) is 7.56. The first-order valence-corrected chi connectivity index (χ1v) is 15.1. The number of nitrogens with zero attached hydrogens (tertiary/aromatic N) is 2. The van der Waals surface area contributed by atoms with Gasteiger partial charge in [0.1, 0.15) is 24.7 Å². The Morgan fingerprint density at radius 1 is 0.500 bits per heavy atom. The molecule has 4 nitrogen and oxygen atoms in total. The fourth-order valence-electron chi connectivity index (χ4n) is 7.27. The number of terminal acetylenes is 4. The van der Waals surface area contributed by atoms with E-state index in [1.165, 1.54) is 0 Å². The summed E-state index contributed by atoms with van der Waals surface area (Å²) >= 11 is 0. The molecule has 2 heterocycles. The van der Waals surface area contributed by atoms with Crippen LogP contribution in [0.1, 0.15) is 45.5 Å². The zero-order valence-electron chi connectivity index (χ0n) is 25.2. The van der Waals surface area contributed by atoms with Crippen LogP contribution in [0.2, 0.25) is 0 Å². The molecule has 0 radical (unpaired) electrons. The van der Waals surface area contributed by atoms with Gasteiger partial charge in [-0.25, -0.2) is 0 Å². The molecular formula is C42H30N2O2. The molecule has 0 aliphatic heterocycles. The molecule has 4 aromatic carbocycles. The van der Waals surface area contributed by atoms with E-state index in [2.05, 4.69) is 93.5 Å². The number of rotatable bonds is 8. The molecule has 4 heteroatoms. The molecule has 6 aromatic rings. The Labute approximate surface area is 269 Å². The maximum atomic E-state index is 6.22. The van der Waals surface area contributed by atoms with E-state index in [0.29, 0.717) is 13.1 Å². The molecule has 0 N–H and O–H groups in total. The molecule has 46 heavy (non-hydrogen) atoms. The van der Waals surface area contributed by atoms with Crippen LogP contribution in [0.4, 0.5) is 0 Å². The average molecular weight is 595 g/mol. The minimum Gasteiger partial charge on any atom is -0.481 e. The molecule has 0 saturated heterocycles. The lowest BCUT2D eigenvalue weighted by atomic mass is 9.72. The lowest BCUT2D eigenvalue weighted by molar-refractivity contribution is 0.363. The minimum atomic E-state index is -0.251. The molecule has 0 bridgehead atoms. The van der Waals surface area contributed by atoms with Crippen LogP contribution in [0, 0.1) is 49.4 Å². The second-order valence-electron chi connectivity index (χ2n) is 11.1. The van der Waals surface area contributed by atoms with Crippen molar-refractivity contribution in [3.8, 4) is 60.9 Å². The predicted molar refractivity (Wildman–Crippen MR) is 185 cm³/mol. The second kappa shape index (κ2) is 12.1. The molecule has 2 unspecified atom stereocenters. The highest BCUT2D eigenvalue weighted by Gasteiger charge is 2.44. The maximum Gasteiger partial charge on any atom is 0.148 e. The lowest BCUT2D eigenvalue weighted by Gasteiger charge is -2.34. The van der Waals surface area contributed by atoms with E-state index in [4.69, 9.17) is 35.2 Å². The van der Waals surface area contributed by atoms with Gasteiger partial charge < -0.3 is 18.6 Å². The van der Waals surface area contributed by atoms with E-state index in [1.54, 1.807) is 0 Å². The number of ether oxygens (including phenoxy) is 2. The van der Waals surface area contributed by atoms with Crippen LogP contribution in [-0.4, -0.2) is 22.3 Å². The molecule has 2 aromatic heterocycles. The highest BCUT2D eigenvalue weighted by Crippen LogP contribution is 2.57. The highest BCUT2D eigenvalue weighted by atomic mass is 16.5. The molecule has 1 aliphatic rings. The standard InChI is InChI=1S/C42H30N2O2/c1-5-25-43-33-21-13-9-17-29(33)37-40(32-20-12-16-24-36(32)46-28-8-4)42-38(30-18-10-14-22-34(30)44(42)26-6-2)39(41(37)43)31-19-11-15-23-35(31)45-27-7-3/h1-4,9-24,39-40H,25-28H2. The topological polar surface area (TPSA) is 28.3 Å². The van der Waals surface area contributed by atoms with Crippen LogP contribution in [0.15, 0.2) is 97.1 Å². The van der Waals surface area contributed by atoms with Crippen molar-refractivity contribution in [1.82, 2.24) is 9.13 Å². The van der Waals surface area contributed by atoms with Crippen molar-refractivity contribution in [3.63, 3.8) is 0 Å². The first-order chi connectivity index (χ1) is 22.7. The van der Waals surface area contributed by atoms with Crippen LogP contribution >= 0.6 is 0 Å². The van der Waals surface area contributed by atoms with Crippen molar-refractivity contribution >= 4 is 21.8 Å². The van der Waals surface area contributed by atoms with Gasteiger partial charge in [-0.3, -0.25) is 0 Å². The summed E-state index contributed by atoms with van der Waals surface area (Å²) in [5.74, 6) is 12.1. The molecule has 2 atom stereocenters. The zero-order valence-corrected chi connectivity index (χ0v) is 25.2. The normalized spacial score (nSPS) is 14.8. The summed E-state index contributed by atoms with van der Waals surface area (Å²) in [4.78, 5) is 0. The Morgan fingerprint density at radius 2 is 0.891 bits per heavy atom. The summed E-state index contributed by atoms with van der Waals surface area (Å²) in [6.45, 7) is 1.08. The Balaban J connectivity index is 1.70. The van der Waals surface area contributed by atoms with E-state index >= 15 is 0 Å². The van der Waals surface area contributed by atoms with Crippen LogP contribution in [-0.2, 0) is 13.1 Å². The summed E-state index contributed by atoms with van der Waals surface area (Å²) in [6, 6.07) is 33.1. The Bertz CT molecular complexity index is 2130.